The van der Waals surface area contributed by atoms with E-state index in [1.807, 2.05) is 0 Å². The highest BCUT2D eigenvalue weighted by molar-refractivity contribution is 6.32. The molecule has 3 aromatic rings. The Morgan fingerprint density at radius 2 is 2.04 bits per heavy atom. The third kappa shape index (κ3) is 3.07. The molecule has 3 rings (SSSR count). The molecule has 10 heteroatoms. The van der Waals surface area contributed by atoms with Crippen LogP contribution < -0.4 is 10.5 Å². The van der Waals surface area contributed by atoms with Gasteiger partial charge < -0.3 is 10.5 Å². The summed E-state index contributed by atoms with van der Waals surface area (Å²) in [6.45, 7) is 1.64. The standard InChI is InChI=1S/C15H13ClF3N5O/c1-3-25-12-9(15(17,18)19)4-7(5-10(12)16)11-8-6-21-14(20)22-13(8)24(2)23-11/h4-6H,3H2,1-2H3,(H2,20,21,22). The first kappa shape index (κ1) is 17.3. The number of hydrogen-bond acceptors (Lipinski definition) is 5. The fourth-order valence-corrected chi connectivity index (χ4v) is 2.77. The van der Waals surface area contributed by atoms with E-state index in [2.05, 4.69) is 15.1 Å². The summed E-state index contributed by atoms with van der Waals surface area (Å²) in [5, 5.41) is 4.54. The SMILES string of the molecule is CCOc1c(Cl)cc(-c2nn(C)c3nc(N)ncc23)cc1C(F)(F)F. The number of aromatic nitrogens is 4. The van der Waals surface area contributed by atoms with Crippen LogP contribution >= 0.6 is 11.6 Å². The molecular weight excluding hydrogens is 359 g/mol. The summed E-state index contributed by atoms with van der Waals surface area (Å²) in [4.78, 5) is 7.93. The number of halogens is 4. The van der Waals surface area contributed by atoms with Crippen LogP contribution in [0.3, 0.4) is 0 Å². The van der Waals surface area contributed by atoms with Crippen molar-refractivity contribution in [3.05, 3.63) is 28.9 Å². The number of fused-ring (bicyclic) bond motifs is 1. The first-order chi connectivity index (χ1) is 11.7. The van der Waals surface area contributed by atoms with Crippen LogP contribution in [-0.2, 0) is 13.2 Å². The van der Waals surface area contributed by atoms with Gasteiger partial charge in [0.25, 0.3) is 0 Å². The molecule has 2 heterocycles. The molecular formula is C15H13ClF3N5O. The molecule has 2 N–H and O–H groups in total. The summed E-state index contributed by atoms with van der Waals surface area (Å²) in [5.41, 5.74) is 5.44. The van der Waals surface area contributed by atoms with E-state index in [-0.39, 0.29) is 28.8 Å². The first-order valence-electron chi connectivity index (χ1n) is 7.21. The molecule has 0 saturated carbocycles. The molecule has 25 heavy (non-hydrogen) atoms. The highest BCUT2D eigenvalue weighted by atomic mass is 35.5. The second-order valence-electron chi connectivity index (χ2n) is 5.20. The number of ether oxygens (including phenoxy) is 1. The van der Waals surface area contributed by atoms with Gasteiger partial charge in [-0.05, 0) is 19.1 Å². The Morgan fingerprint density at radius 1 is 1.32 bits per heavy atom. The van der Waals surface area contributed by atoms with E-state index in [1.54, 1.807) is 14.0 Å². The van der Waals surface area contributed by atoms with Crippen molar-refractivity contribution in [2.45, 2.75) is 13.1 Å². The van der Waals surface area contributed by atoms with E-state index >= 15 is 0 Å². The molecule has 132 valence electrons. The first-order valence-corrected chi connectivity index (χ1v) is 7.59. The van der Waals surface area contributed by atoms with Crippen molar-refractivity contribution in [3.8, 4) is 17.0 Å². The minimum Gasteiger partial charge on any atom is -0.492 e. The number of alkyl halides is 3. The number of nitrogen functional groups attached to an aromatic ring is 1. The molecule has 2 aromatic heterocycles. The van der Waals surface area contributed by atoms with Gasteiger partial charge in [0, 0.05) is 18.8 Å². The minimum absolute atomic E-state index is 0.0442. The van der Waals surface area contributed by atoms with Crippen molar-refractivity contribution in [2.24, 2.45) is 7.05 Å². The summed E-state index contributed by atoms with van der Waals surface area (Å²) in [6, 6.07) is 2.33. The maximum absolute atomic E-state index is 13.4. The lowest BCUT2D eigenvalue weighted by Gasteiger charge is -2.16. The number of nitrogens with zero attached hydrogens (tertiary/aromatic N) is 4. The van der Waals surface area contributed by atoms with Crippen molar-refractivity contribution in [1.29, 1.82) is 0 Å². The summed E-state index contributed by atoms with van der Waals surface area (Å²) in [5.74, 6) is -0.357. The predicted octanol–water partition coefficient (Wildman–Crippen LogP) is 3.68. The average molecular weight is 372 g/mol. The van der Waals surface area contributed by atoms with Crippen LogP contribution in [0, 0.1) is 0 Å². The van der Waals surface area contributed by atoms with Crippen LogP contribution in [0.15, 0.2) is 18.3 Å². The molecule has 0 fully saturated rings. The van der Waals surface area contributed by atoms with Gasteiger partial charge in [-0.15, -0.1) is 0 Å². The Bertz CT molecular complexity index is 954. The van der Waals surface area contributed by atoms with Gasteiger partial charge in [-0.3, -0.25) is 0 Å². The molecule has 0 aliphatic carbocycles. The number of hydrogen-bond donors (Lipinski definition) is 1. The minimum atomic E-state index is -4.63. The van der Waals surface area contributed by atoms with Crippen molar-refractivity contribution >= 4 is 28.6 Å². The van der Waals surface area contributed by atoms with Crippen molar-refractivity contribution in [1.82, 2.24) is 19.7 Å². The molecule has 0 aliphatic heterocycles. The maximum Gasteiger partial charge on any atom is 0.420 e. The summed E-state index contributed by atoms with van der Waals surface area (Å²) < 4.78 is 46.7. The Balaban J connectivity index is 2.27. The molecule has 0 bridgehead atoms. The van der Waals surface area contributed by atoms with Crippen LogP contribution in [0.1, 0.15) is 12.5 Å². The van der Waals surface area contributed by atoms with E-state index in [9.17, 15) is 13.2 Å². The van der Waals surface area contributed by atoms with E-state index in [1.165, 1.54) is 16.9 Å². The van der Waals surface area contributed by atoms with Gasteiger partial charge in [0.05, 0.1) is 22.6 Å². The van der Waals surface area contributed by atoms with E-state index < -0.39 is 17.5 Å². The molecule has 0 spiro atoms. The molecule has 1 aromatic carbocycles. The monoisotopic (exact) mass is 371 g/mol. The summed E-state index contributed by atoms with van der Waals surface area (Å²) >= 11 is 6.04. The van der Waals surface area contributed by atoms with Crippen molar-refractivity contribution in [3.63, 3.8) is 0 Å². The van der Waals surface area contributed by atoms with Gasteiger partial charge in [-0.2, -0.15) is 23.3 Å². The fraction of sp³-hybridized carbons (Fsp3) is 0.267. The van der Waals surface area contributed by atoms with E-state index in [0.29, 0.717) is 11.0 Å². The zero-order valence-electron chi connectivity index (χ0n) is 13.2. The average Bonchev–Trinajstić information content (AvgIpc) is 2.85. The number of anilines is 1. The third-order valence-electron chi connectivity index (χ3n) is 3.51. The second-order valence-corrected chi connectivity index (χ2v) is 5.61. The topological polar surface area (TPSA) is 78.8 Å². The zero-order valence-corrected chi connectivity index (χ0v) is 14.0. The van der Waals surface area contributed by atoms with E-state index in [4.69, 9.17) is 22.1 Å². The van der Waals surface area contributed by atoms with Crippen LogP contribution in [0.2, 0.25) is 5.02 Å². The van der Waals surface area contributed by atoms with Crippen molar-refractivity contribution < 1.29 is 17.9 Å². The van der Waals surface area contributed by atoms with E-state index in [0.717, 1.165) is 6.07 Å². The van der Waals surface area contributed by atoms with Crippen LogP contribution in [0.5, 0.6) is 5.75 Å². The highest BCUT2D eigenvalue weighted by Crippen LogP contribution is 2.43. The number of aryl methyl sites for hydroxylation is 1. The fourth-order valence-electron chi connectivity index (χ4n) is 2.50. The largest absolute Gasteiger partial charge is 0.492 e. The molecule has 0 aliphatic rings. The molecule has 0 saturated heterocycles. The normalized spacial score (nSPS) is 11.9. The van der Waals surface area contributed by atoms with Gasteiger partial charge in [0.15, 0.2) is 5.65 Å². The Morgan fingerprint density at radius 3 is 2.68 bits per heavy atom. The lowest BCUT2D eigenvalue weighted by Crippen LogP contribution is -2.09. The lowest BCUT2D eigenvalue weighted by molar-refractivity contribution is -0.138. The third-order valence-corrected chi connectivity index (χ3v) is 3.79. The van der Waals surface area contributed by atoms with Crippen molar-refractivity contribution in [2.75, 3.05) is 12.3 Å². The highest BCUT2D eigenvalue weighted by Gasteiger charge is 2.36. The Kier molecular flexibility index (Phi) is 4.19. The lowest BCUT2D eigenvalue weighted by atomic mass is 10.0. The smallest absolute Gasteiger partial charge is 0.420 e. The molecule has 6 nitrogen and oxygen atoms in total. The number of nitrogens with two attached hydrogens (primary N) is 1. The number of benzene rings is 1. The van der Waals surface area contributed by atoms with Gasteiger partial charge in [-0.25, -0.2) is 9.67 Å². The van der Waals surface area contributed by atoms with Crippen LogP contribution in [0.25, 0.3) is 22.3 Å². The predicted molar refractivity (Wildman–Crippen MR) is 87.3 cm³/mol. The maximum atomic E-state index is 13.4. The van der Waals surface area contributed by atoms with Gasteiger partial charge >= 0.3 is 6.18 Å². The van der Waals surface area contributed by atoms with Crippen LogP contribution in [-0.4, -0.2) is 26.4 Å². The molecule has 0 amide bonds. The van der Waals surface area contributed by atoms with Gasteiger partial charge in [0.1, 0.15) is 11.4 Å². The summed E-state index contributed by atoms with van der Waals surface area (Å²) in [7, 11) is 1.61. The molecule has 0 unspecified atom stereocenters. The summed E-state index contributed by atoms with van der Waals surface area (Å²) in [6.07, 6.45) is -3.21. The van der Waals surface area contributed by atoms with Gasteiger partial charge in [0.2, 0.25) is 5.95 Å². The zero-order chi connectivity index (χ0) is 18.4. The van der Waals surface area contributed by atoms with Gasteiger partial charge in [-0.1, -0.05) is 11.6 Å². The second kappa shape index (κ2) is 6.07. The quantitative estimate of drug-likeness (QED) is 0.759. The Hall–Kier alpha value is -2.55. The molecule has 0 atom stereocenters. The Labute approximate surface area is 145 Å². The molecule has 0 radical (unpaired) electrons. The number of rotatable bonds is 3. The van der Waals surface area contributed by atoms with Crippen LogP contribution in [0.4, 0.5) is 19.1 Å².